The molecule has 0 amide bonds. The Balaban J connectivity index is 1.74. The lowest BCUT2D eigenvalue weighted by Gasteiger charge is -2.20. The molecule has 0 saturated heterocycles. The number of carbonyl (C=O) groups is 1. The zero-order valence-corrected chi connectivity index (χ0v) is 16.1. The molecule has 27 heavy (non-hydrogen) atoms. The second kappa shape index (κ2) is 8.39. The van der Waals surface area contributed by atoms with Crippen LogP contribution in [0.1, 0.15) is 29.6 Å². The fourth-order valence-corrected chi connectivity index (χ4v) is 4.24. The zero-order chi connectivity index (χ0) is 19.3. The smallest absolute Gasteiger partial charge is 0.338 e. The van der Waals surface area contributed by atoms with Crippen molar-refractivity contribution in [3.63, 3.8) is 0 Å². The molecule has 5 nitrogen and oxygen atoms in total. The lowest BCUT2D eigenvalue weighted by molar-refractivity contribution is 0.0432. The van der Waals surface area contributed by atoms with E-state index in [2.05, 4.69) is 12.2 Å². The van der Waals surface area contributed by atoms with Crippen molar-refractivity contribution in [1.29, 1.82) is 0 Å². The first-order valence-corrected chi connectivity index (χ1v) is 10.4. The molecule has 1 atom stereocenters. The monoisotopic (exact) mass is 385 g/mol. The molecule has 0 spiro atoms. The van der Waals surface area contributed by atoms with Crippen LogP contribution in [-0.2, 0) is 14.8 Å². The van der Waals surface area contributed by atoms with Crippen LogP contribution in [0.4, 0.5) is 5.69 Å². The van der Waals surface area contributed by atoms with E-state index in [1.54, 1.807) is 36.4 Å². The van der Waals surface area contributed by atoms with E-state index in [-0.39, 0.29) is 10.5 Å². The molecule has 0 heterocycles. The number of ether oxygens (including phenoxy) is 1. The van der Waals surface area contributed by atoms with Crippen LogP contribution >= 0.6 is 0 Å². The van der Waals surface area contributed by atoms with Crippen molar-refractivity contribution in [2.45, 2.75) is 24.2 Å². The van der Waals surface area contributed by atoms with E-state index in [1.165, 1.54) is 23.5 Å². The van der Waals surface area contributed by atoms with Crippen LogP contribution in [0.15, 0.2) is 71.6 Å². The number of rotatable bonds is 6. The number of sulfonamides is 1. The minimum atomic E-state index is -3.77. The summed E-state index contributed by atoms with van der Waals surface area (Å²) < 4.78 is 32.4. The SMILES string of the molecule is CN(c1ccccc1)S(=O)(=O)c1cccc(C(=O)OCC2CC=CCC2)c1. The number of anilines is 1. The van der Waals surface area contributed by atoms with Gasteiger partial charge in [-0.25, -0.2) is 13.2 Å². The molecular formula is C21H23NO4S. The minimum Gasteiger partial charge on any atom is -0.462 e. The summed E-state index contributed by atoms with van der Waals surface area (Å²) in [6.07, 6.45) is 7.15. The van der Waals surface area contributed by atoms with Crippen molar-refractivity contribution in [1.82, 2.24) is 0 Å². The molecule has 0 saturated carbocycles. The first-order chi connectivity index (χ1) is 13.0. The largest absolute Gasteiger partial charge is 0.462 e. The van der Waals surface area contributed by atoms with E-state index < -0.39 is 16.0 Å². The van der Waals surface area contributed by atoms with E-state index in [0.29, 0.717) is 18.2 Å². The average Bonchev–Trinajstić information content (AvgIpc) is 2.73. The highest BCUT2D eigenvalue weighted by atomic mass is 32.2. The van der Waals surface area contributed by atoms with Crippen molar-refractivity contribution in [3.8, 4) is 0 Å². The molecule has 6 heteroatoms. The third-order valence-corrected chi connectivity index (χ3v) is 6.46. The quantitative estimate of drug-likeness (QED) is 0.556. The number of hydrogen-bond acceptors (Lipinski definition) is 4. The van der Waals surface area contributed by atoms with Crippen LogP contribution < -0.4 is 4.31 Å². The third kappa shape index (κ3) is 4.57. The second-order valence-corrected chi connectivity index (χ2v) is 8.55. The molecular weight excluding hydrogens is 362 g/mol. The molecule has 1 aliphatic carbocycles. The first-order valence-electron chi connectivity index (χ1n) is 8.94. The summed E-state index contributed by atoms with van der Waals surface area (Å²) in [5.41, 5.74) is 0.791. The van der Waals surface area contributed by atoms with Gasteiger partial charge in [-0.3, -0.25) is 4.31 Å². The fourth-order valence-electron chi connectivity index (χ4n) is 3.00. The number of benzene rings is 2. The minimum absolute atomic E-state index is 0.0592. The number of carbonyl (C=O) groups excluding carboxylic acids is 1. The third-order valence-electron chi connectivity index (χ3n) is 4.68. The zero-order valence-electron chi connectivity index (χ0n) is 15.2. The Morgan fingerprint density at radius 1 is 1.11 bits per heavy atom. The van der Waals surface area contributed by atoms with Gasteiger partial charge in [-0.05, 0) is 55.5 Å². The Morgan fingerprint density at radius 3 is 2.59 bits per heavy atom. The maximum Gasteiger partial charge on any atom is 0.338 e. The molecule has 0 fully saturated rings. The summed E-state index contributed by atoms with van der Waals surface area (Å²) in [7, 11) is -2.27. The van der Waals surface area contributed by atoms with Gasteiger partial charge in [0.05, 0.1) is 22.8 Å². The Labute approximate surface area is 160 Å². The van der Waals surface area contributed by atoms with Crippen molar-refractivity contribution in [2.75, 3.05) is 18.0 Å². The lowest BCUT2D eigenvalue weighted by Crippen LogP contribution is -2.26. The maximum absolute atomic E-state index is 12.9. The number of allylic oxidation sites excluding steroid dienone is 2. The molecule has 3 rings (SSSR count). The van der Waals surface area contributed by atoms with Gasteiger partial charge in [-0.1, -0.05) is 36.4 Å². The van der Waals surface area contributed by atoms with Crippen LogP contribution in [0.3, 0.4) is 0 Å². The summed E-state index contributed by atoms with van der Waals surface area (Å²) in [6, 6.07) is 14.8. The molecule has 0 N–H and O–H groups in total. The molecule has 0 bridgehead atoms. The molecule has 0 radical (unpaired) electrons. The van der Waals surface area contributed by atoms with E-state index in [0.717, 1.165) is 19.3 Å². The molecule has 0 aromatic heterocycles. The Bertz CT molecular complexity index is 922. The van der Waals surface area contributed by atoms with Crippen LogP contribution in [0.2, 0.25) is 0 Å². The summed E-state index contributed by atoms with van der Waals surface area (Å²) in [5.74, 6) is -0.168. The highest BCUT2D eigenvalue weighted by Crippen LogP contribution is 2.23. The van der Waals surface area contributed by atoms with Crippen molar-refractivity contribution >= 4 is 21.7 Å². The summed E-state index contributed by atoms with van der Waals surface area (Å²) >= 11 is 0. The van der Waals surface area contributed by atoms with Crippen molar-refractivity contribution in [2.24, 2.45) is 5.92 Å². The first kappa shape index (κ1) is 19.2. The standard InChI is InChI=1S/C21H23NO4S/c1-22(19-12-6-3-7-13-19)27(24,25)20-14-8-11-18(15-20)21(23)26-16-17-9-4-2-5-10-17/h2-4,6-8,11-15,17H,5,9-10,16H2,1H3. The Hall–Kier alpha value is -2.60. The Kier molecular flexibility index (Phi) is 5.96. The Morgan fingerprint density at radius 2 is 1.89 bits per heavy atom. The highest BCUT2D eigenvalue weighted by Gasteiger charge is 2.23. The van der Waals surface area contributed by atoms with Gasteiger partial charge >= 0.3 is 5.97 Å². The number of para-hydroxylation sites is 1. The number of esters is 1. The summed E-state index contributed by atoms with van der Waals surface area (Å²) in [4.78, 5) is 12.4. The van der Waals surface area contributed by atoms with Crippen molar-refractivity contribution in [3.05, 3.63) is 72.3 Å². The number of hydrogen-bond donors (Lipinski definition) is 0. The summed E-state index contributed by atoms with van der Waals surface area (Å²) in [5, 5.41) is 0. The normalized spacial score (nSPS) is 16.7. The predicted octanol–water partition coefficient (Wildman–Crippen LogP) is 4.02. The molecule has 1 unspecified atom stereocenters. The lowest BCUT2D eigenvalue weighted by atomic mass is 9.95. The second-order valence-electron chi connectivity index (χ2n) is 6.58. The van der Waals surface area contributed by atoms with Crippen LogP contribution in [0, 0.1) is 5.92 Å². The average molecular weight is 385 g/mol. The highest BCUT2D eigenvalue weighted by molar-refractivity contribution is 7.92. The topological polar surface area (TPSA) is 63.7 Å². The van der Waals surface area contributed by atoms with Gasteiger partial charge in [0.1, 0.15) is 0 Å². The fraction of sp³-hybridized carbons (Fsp3) is 0.286. The van der Waals surface area contributed by atoms with Gasteiger partial charge in [-0.2, -0.15) is 0 Å². The van der Waals surface area contributed by atoms with Gasteiger partial charge in [0.15, 0.2) is 0 Å². The van der Waals surface area contributed by atoms with E-state index in [1.807, 2.05) is 6.07 Å². The predicted molar refractivity (Wildman–Crippen MR) is 105 cm³/mol. The van der Waals surface area contributed by atoms with E-state index >= 15 is 0 Å². The maximum atomic E-state index is 12.9. The van der Waals surface area contributed by atoms with Gasteiger partial charge in [0.25, 0.3) is 10.0 Å². The number of nitrogens with zero attached hydrogens (tertiary/aromatic N) is 1. The van der Waals surface area contributed by atoms with Crippen LogP contribution in [0.5, 0.6) is 0 Å². The van der Waals surface area contributed by atoms with Gasteiger partial charge < -0.3 is 4.74 Å². The molecule has 2 aromatic carbocycles. The van der Waals surface area contributed by atoms with Gasteiger partial charge in [-0.15, -0.1) is 0 Å². The van der Waals surface area contributed by atoms with Gasteiger partial charge in [0.2, 0.25) is 0 Å². The van der Waals surface area contributed by atoms with Crippen molar-refractivity contribution < 1.29 is 17.9 Å². The van der Waals surface area contributed by atoms with Crippen LogP contribution in [-0.4, -0.2) is 28.0 Å². The summed E-state index contributed by atoms with van der Waals surface area (Å²) in [6.45, 7) is 0.351. The molecule has 1 aliphatic rings. The van der Waals surface area contributed by atoms with E-state index in [9.17, 15) is 13.2 Å². The molecule has 142 valence electrons. The van der Waals surface area contributed by atoms with Crippen LogP contribution in [0.25, 0.3) is 0 Å². The molecule has 0 aliphatic heterocycles. The molecule has 2 aromatic rings. The van der Waals surface area contributed by atoms with Gasteiger partial charge in [0, 0.05) is 7.05 Å². The van der Waals surface area contributed by atoms with E-state index in [4.69, 9.17) is 4.74 Å².